The van der Waals surface area contributed by atoms with Crippen LogP contribution < -0.4 is 4.90 Å². The smallest absolute Gasteiger partial charge is 0.338 e. The van der Waals surface area contributed by atoms with Crippen molar-refractivity contribution in [3.63, 3.8) is 0 Å². The van der Waals surface area contributed by atoms with Gasteiger partial charge < -0.3 is 4.74 Å². The number of hydrogen-bond donors (Lipinski definition) is 0. The molecule has 0 saturated carbocycles. The van der Waals surface area contributed by atoms with Gasteiger partial charge in [0.15, 0.2) is 0 Å². The highest BCUT2D eigenvalue weighted by Gasteiger charge is 2.38. The third kappa shape index (κ3) is 3.57. The summed E-state index contributed by atoms with van der Waals surface area (Å²) in [6.07, 6.45) is 0. The van der Waals surface area contributed by atoms with Crippen molar-refractivity contribution in [3.05, 3.63) is 112 Å². The zero-order valence-corrected chi connectivity index (χ0v) is 18.3. The molecule has 4 aromatic rings. The Labute approximate surface area is 191 Å². The Morgan fingerprint density at radius 1 is 0.818 bits per heavy atom. The minimum atomic E-state index is -0.545. The first-order valence-electron chi connectivity index (χ1n) is 10.7. The van der Waals surface area contributed by atoms with Gasteiger partial charge >= 0.3 is 5.97 Å². The minimum Gasteiger partial charge on any atom is -0.457 e. The lowest BCUT2D eigenvalue weighted by atomic mass is 10.0. The van der Waals surface area contributed by atoms with E-state index in [9.17, 15) is 14.4 Å². The lowest BCUT2D eigenvalue weighted by molar-refractivity contribution is 0.0474. The van der Waals surface area contributed by atoms with Gasteiger partial charge in [-0.15, -0.1) is 0 Å². The molecule has 4 aromatic carbocycles. The maximum Gasteiger partial charge on any atom is 0.338 e. The zero-order valence-electron chi connectivity index (χ0n) is 18.3. The van der Waals surface area contributed by atoms with Gasteiger partial charge in [0, 0.05) is 0 Å². The summed E-state index contributed by atoms with van der Waals surface area (Å²) in [4.78, 5) is 40.0. The van der Waals surface area contributed by atoms with Crippen molar-refractivity contribution in [3.8, 4) is 0 Å². The van der Waals surface area contributed by atoms with E-state index in [1.165, 1.54) is 23.1 Å². The number of benzene rings is 4. The number of carbonyl (C=O) groups excluding carboxylic acids is 3. The monoisotopic (exact) mass is 435 g/mol. The molecular formula is C28H21NO4. The number of esters is 1. The second-order valence-electron chi connectivity index (χ2n) is 8.21. The van der Waals surface area contributed by atoms with E-state index in [1.54, 1.807) is 0 Å². The first-order chi connectivity index (χ1) is 15.9. The number of aryl methyl sites for hydroxylation is 2. The summed E-state index contributed by atoms with van der Waals surface area (Å²) in [5.74, 6) is -1.37. The van der Waals surface area contributed by atoms with Crippen LogP contribution in [0.5, 0.6) is 0 Å². The van der Waals surface area contributed by atoms with Crippen molar-refractivity contribution in [2.45, 2.75) is 20.5 Å². The standard InChI is InChI=1S/C28H21NO4/c1-17-10-11-18(2)25(14-17)29-26(30)23-13-12-20(15-24(23)27(29)31)28(32)33-16-21-8-5-7-19-6-3-4-9-22(19)21/h3-15H,16H2,1-2H3. The summed E-state index contributed by atoms with van der Waals surface area (Å²) >= 11 is 0. The van der Waals surface area contributed by atoms with Crippen LogP contribution in [-0.4, -0.2) is 17.8 Å². The molecule has 0 radical (unpaired) electrons. The molecule has 2 amide bonds. The second-order valence-corrected chi connectivity index (χ2v) is 8.21. The third-order valence-electron chi connectivity index (χ3n) is 5.97. The van der Waals surface area contributed by atoms with Crippen LogP contribution in [0.15, 0.2) is 78.9 Å². The van der Waals surface area contributed by atoms with Crippen LogP contribution in [0, 0.1) is 13.8 Å². The molecule has 1 aliphatic heterocycles. The second kappa shape index (κ2) is 8.02. The highest BCUT2D eigenvalue weighted by atomic mass is 16.5. The van der Waals surface area contributed by atoms with Gasteiger partial charge in [-0.25, -0.2) is 9.69 Å². The van der Waals surface area contributed by atoms with Crippen molar-refractivity contribution >= 4 is 34.2 Å². The number of nitrogens with zero attached hydrogens (tertiary/aromatic N) is 1. The van der Waals surface area contributed by atoms with E-state index in [4.69, 9.17) is 4.74 Å². The van der Waals surface area contributed by atoms with Gasteiger partial charge in [0.05, 0.1) is 22.4 Å². The van der Waals surface area contributed by atoms with Crippen LogP contribution in [0.3, 0.4) is 0 Å². The van der Waals surface area contributed by atoms with Crippen LogP contribution in [-0.2, 0) is 11.3 Å². The maximum atomic E-state index is 13.1. The Hall–Kier alpha value is -4.25. The van der Waals surface area contributed by atoms with E-state index in [0.717, 1.165) is 27.5 Å². The molecule has 0 N–H and O–H groups in total. The fourth-order valence-electron chi connectivity index (χ4n) is 4.19. The molecule has 162 valence electrons. The number of fused-ring (bicyclic) bond motifs is 2. The van der Waals surface area contributed by atoms with Gasteiger partial charge in [-0.1, -0.05) is 54.6 Å². The third-order valence-corrected chi connectivity index (χ3v) is 5.97. The lowest BCUT2D eigenvalue weighted by Gasteiger charge is -2.17. The summed E-state index contributed by atoms with van der Waals surface area (Å²) in [6.45, 7) is 3.87. The SMILES string of the molecule is Cc1ccc(C)c(N2C(=O)c3ccc(C(=O)OCc4cccc5ccccc45)cc3C2=O)c1. The summed E-state index contributed by atoms with van der Waals surface area (Å²) in [5.41, 5.74) is 3.95. The molecule has 0 aromatic heterocycles. The van der Waals surface area contributed by atoms with Gasteiger partial charge in [0.25, 0.3) is 11.8 Å². The lowest BCUT2D eigenvalue weighted by Crippen LogP contribution is -2.30. The highest BCUT2D eigenvalue weighted by molar-refractivity contribution is 6.35. The average molecular weight is 435 g/mol. The van der Waals surface area contributed by atoms with Gasteiger partial charge in [0.1, 0.15) is 6.61 Å². The molecular weight excluding hydrogens is 414 g/mol. The van der Waals surface area contributed by atoms with Gasteiger partial charge in [-0.3, -0.25) is 9.59 Å². The zero-order chi connectivity index (χ0) is 23.1. The topological polar surface area (TPSA) is 63.7 Å². The molecule has 5 rings (SSSR count). The van der Waals surface area contributed by atoms with Crippen LogP contribution in [0.1, 0.15) is 47.8 Å². The van der Waals surface area contributed by atoms with E-state index >= 15 is 0 Å². The van der Waals surface area contributed by atoms with Crippen LogP contribution in [0.2, 0.25) is 0 Å². The number of rotatable bonds is 4. The van der Waals surface area contributed by atoms with Crippen molar-refractivity contribution < 1.29 is 19.1 Å². The number of amides is 2. The molecule has 0 fully saturated rings. The predicted molar refractivity (Wildman–Crippen MR) is 127 cm³/mol. The summed E-state index contributed by atoms with van der Waals surface area (Å²) < 4.78 is 5.54. The number of ether oxygens (including phenoxy) is 1. The number of carbonyl (C=O) groups is 3. The molecule has 5 nitrogen and oxygen atoms in total. The van der Waals surface area contributed by atoms with Crippen molar-refractivity contribution in [2.24, 2.45) is 0 Å². The van der Waals surface area contributed by atoms with E-state index in [0.29, 0.717) is 5.69 Å². The van der Waals surface area contributed by atoms with E-state index in [-0.39, 0.29) is 29.2 Å². The molecule has 0 spiro atoms. The van der Waals surface area contributed by atoms with Gasteiger partial charge in [0.2, 0.25) is 0 Å². The fraction of sp³-hybridized carbons (Fsp3) is 0.107. The number of hydrogen-bond acceptors (Lipinski definition) is 4. The predicted octanol–water partition coefficient (Wildman–Crippen LogP) is 5.61. The van der Waals surface area contributed by atoms with Crippen LogP contribution in [0.4, 0.5) is 5.69 Å². The summed E-state index contributed by atoms with van der Waals surface area (Å²) in [5, 5.41) is 2.09. The Kier molecular flexibility index (Phi) is 5.02. The molecule has 33 heavy (non-hydrogen) atoms. The van der Waals surface area contributed by atoms with Crippen LogP contribution >= 0.6 is 0 Å². The average Bonchev–Trinajstić information content (AvgIpc) is 3.08. The molecule has 1 aliphatic rings. The Bertz CT molecular complexity index is 1450. The Balaban J connectivity index is 1.40. The fourth-order valence-corrected chi connectivity index (χ4v) is 4.19. The normalized spacial score (nSPS) is 12.8. The molecule has 0 atom stereocenters. The Morgan fingerprint density at radius 2 is 1.58 bits per heavy atom. The van der Waals surface area contributed by atoms with E-state index in [2.05, 4.69) is 0 Å². The van der Waals surface area contributed by atoms with Crippen molar-refractivity contribution in [1.29, 1.82) is 0 Å². The van der Waals surface area contributed by atoms with E-state index in [1.807, 2.05) is 74.5 Å². The molecule has 0 aliphatic carbocycles. The first kappa shape index (κ1) is 20.6. The van der Waals surface area contributed by atoms with E-state index < -0.39 is 11.9 Å². The van der Waals surface area contributed by atoms with Crippen molar-refractivity contribution in [1.82, 2.24) is 0 Å². The first-order valence-corrected chi connectivity index (χ1v) is 10.7. The minimum absolute atomic E-state index is 0.110. The quantitative estimate of drug-likeness (QED) is 0.309. The highest BCUT2D eigenvalue weighted by Crippen LogP contribution is 2.32. The Morgan fingerprint density at radius 3 is 2.42 bits per heavy atom. The summed E-state index contributed by atoms with van der Waals surface area (Å²) in [6, 6.07) is 23.9. The van der Waals surface area contributed by atoms with Gasteiger partial charge in [-0.05, 0) is 65.6 Å². The number of anilines is 1. The molecule has 0 unspecified atom stereocenters. The molecule has 5 heteroatoms. The molecule has 0 saturated heterocycles. The number of imide groups is 1. The molecule has 0 bridgehead atoms. The molecule has 1 heterocycles. The van der Waals surface area contributed by atoms with Crippen LogP contribution in [0.25, 0.3) is 10.8 Å². The summed E-state index contributed by atoms with van der Waals surface area (Å²) in [7, 11) is 0. The largest absolute Gasteiger partial charge is 0.457 e. The maximum absolute atomic E-state index is 13.1. The van der Waals surface area contributed by atoms with Crippen molar-refractivity contribution in [2.75, 3.05) is 4.90 Å². The van der Waals surface area contributed by atoms with Gasteiger partial charge in [-0.2, -0.15) is 0 Å².